The lowest BCUT2D eigenvalue weighted by Gasteiger charge is -2.36. The molecule has 0 radical (unpaired) electrons. The molecule has 1 aromatic carbocycles. The van der Waals surface area contributed by atoms with Crippen molar-refractivity contribution in [2.45, 2.75) is 46.5 Å². The fraction of sp³-hybridized carbons (Fsp3) is 0.417. The summed E-state index contributed by atoms with van der Waals surface area (Å²) in [7, 11) is 1.54. The second-order valence-electron chi connectivity index (χ2n) is 8.87. The van der Waals surface area contributed by atoms with Gasteiger partial charge in [-0.3, -0.25) is 4.79 Å². The molecule has 1 aliphatic rings. The first-order valence-electron chi connectivity index (χ1n) is 10.6. The highest BCUT2D eigenvalue weighted by Gasteiger charge is 2.32. The van der Waals surface area contributed by atoms with Crippen molar-refractivity contribution < 1.29 is 9.53 Å². The van der Waals surface area contributed by atoms with E-state index in [1.807, 2.05) is 0 Å². The summed E-state index contributed by atoms with van der Waals surface area (Å²) in [6.45, 7) is 6.95. The minimum absolute atomic E-state index is 0.274. The summed E-state index contributed by atoms with van der Waals surface area (Å²) >= 11 is 7.36. The van der Waals surface area contributed by atoms with E-state index in [9.17, 15) is 4.79 Å². The Bertz CT molecular complexity index is 1160. The summed E-state index contributed by atoms with van der Waals surface area (Å²) in [5.74, 6) is 0.854. The van der Waals surface area contributed by atoms with E-state index in [2.05, 4.69) is 32.2 Å². The summed E-state index contributed by atoms with van der Waals surface area (Å²) in [4.78, 5) is 19.2. The molecule has 2 aromatic heterocycles. The Morgan fingerprint density at radius 2 is 2.16 bits per heavy atom. The van der Waals surface area contributed by atoms with E-state index in [4.69, 9.17) is 27.1 Å². The van der Waals surface area contributed by atoms with Crippen LogP contribution < -0.4 is 15.8 Å². The van der Waals surface area contributed by atoms with Crippen LogP contribution >= 0.6 is 22.9 Å². The van der Waals surface area contributed by atoms with E-state index in [-0.39, 0.29) is 5.91 Å². The van der Waals surface area contributed by atoms with Crippen molar-refractivity contribution in [3.8, 4) is 5.75 Å². The zero-order chi connectivity index (χ0) is 22.3. The third kappa shape index (κ3) is 4.11. The molecule has 0 saturated heterocycles. The number of carbonyl (C=O) groups excluding carboxylic acids is 1. The molecule has 7 heteroatoms. The number of benzene rings is 1. The number of ether oxygens (including phenoxy) is 1. The number of pyridine rings is 1. The molecule has 2 heterocycles. The SMILES string of the molecule is CCC(C)(C)C1CCc2nc3sc(C(=O)Nc4ccc(Cl)cc4OC)c(N)c3cc2C1. The molecule has 0 bridgehead atoms. The Morgan fingerprint density at radius 1 is 1.39 bits per heavy atom. The number of halogens is 1. The van der Waals surface area contributed by atoms with Crippen molar-refractivity contribution in [1.29, 1.82) is 0 Å². The number of nitrogens with two attached hydrogens (primary N) is 1. The number of fused-ring (bicyclic) bond motifs is 2. The molecule has 0 aliphatic heterocycles. The van der Waals surface area contributed by atoms with Crippen molar-refractivity contribution in [2.24, 2.45) is 11.3 Å². The van der Waals surface area contributed by atoms with Crippen molar-refractivity contribution in [2.75, 3.05) is 18.2 Å². The third-order valence-corrected chi connectivity index (χ3v) is 8.07. The van der Waals surface area contributed by atoms with Crippen LogP contribution in [0, 0.1) is 11.3 Å². The number of nitrogens with zero attached hydrogens (tertiary/aromatic N) is 1. The van der Waals surface area contributed by atoms with Gasteiger partial charge in [-0.15, -0.1) is 11.3 Å². The number of nitrogens with one attached hydrogen (secondary N) is 1. The van der Waals surface area contributed by atoms with Gasteiger partial charge in [0, 0.05) is 22.2 Å². The first kappa shape index (κ1) is 21.9. The minimum Gasteiger partial charge on any atom is -0.495 e. The minimum atomic E-state index is -0.274. The second-order valence-corrected chi connectivity index (χ2v) is 10.3. The Balaban J connectivity index is 1.65. The number of hydrogen-bond donors (Lipinski definition) is 2. The monoisotopic (exact) mass is 457 g/mol. The van der Waals surface area contributed by atoms with E-state index in [0.29, 0.717) is 38.4 Å². The fourth-order valence-corrected chi connectivity index (χ4v) is 5.42. The fourth-order valence-electron chi connectivity index (χ4n) is 4.26. The molecular formula is C24H28ClN3O2S. The topological polar surface area (TPSA) is 77.2 Å². The third-order valence-electron chi connectivity index (χ3n) is 6.72. The molecule has 5 nitrogen and oxygen atoms in total. The molecule has 0 saturated carbocycles. The van der Waals surface area contributed by atoms with Gasteiger partial charge in [0.15, 0.2) is 0 Å². The summed E-state index contributed by atoms with van der Waals surface area (Å²) in [5, 5.41) is 4.30. The van der Waals surface area contributed by atoms with Gasteiger partial charge >= 0.3 is 0 Å². The molecule has 164 valence electrons. The van der Waals surface area contributed by atoms with E-state index in [1.54, 1.807) is 18.2 Å². The van der Waals surface area contributed by atoms with Crippen LogP contribution in [0.15, 0.2) is 24.3 Å². The van der Waals surface area contributed by atoms with Crippen LogP contribution in [0.5, 0.6) is 5.75 Å². The predicted octanol–water partition coefficient (Wildman–Crippen LogP) is 6.33. The van der Waals surface area contributed by atoms with Crippen molar-refractivity contribution in [1.82, 2.24) is 4.98 Å². The Morgan fingerprint density at radius 3 is 2.87 bits per heavy atom. The first-order chi connectivity index (χ1) is 14.7. The second kappa shape index (κ2) is 8.32. The molecule has 1 unspecified atom stereocenters. The average molecular weight is 458 g/mol. The standard InChI is InChI=1S/C24H28ClN3O2S/c1-5-24(2,3)14-6-8-17-13(10-14)11-16-20(26)21(31-23(16)28-17)22(29)27-18-9-7-15(25)12-19(18)30-4/h7,9,11-12,14H,5-6,8,10,26H2,1-4H3,(H,27,29). The lowest BCUT2D eigenvalue weighted by Crippen LogP contribution is -2.29. The molecule has 0 spiro atoms. The summed E-state index contributed by atoms with van der Waals surface area (Å²) < 4.78 is 5.33. The highest BCUT2D eigenvalue weighted by atomic mass is 35.5. The van der Waals surface area contributed by atoms with E-state index >= 15 is 0 Å². The van der Waals surface area contributed by atoms with Crippen molar-refractivity contribution in [3.05, 3.63) is 45.4 Å². The van der Waals surface area contributed by atoms with Gasteiger partial charge in [-0.25, -0.2) is 4.98 Å². The number of aryl methyl sites for hydroxylation is 1. The van der Waals surface area contributed by atoms with Gasteiger partial charge in [-0.1, -0.05) is 38.8 Å². The van der Waals surface area contributed by atoms with Gasteiger partial charge in [0.2, 0.25) is 0 Å². The van der Waals surface area contributed by atoms with Crippen LogP contribution in [0.2, 0.25) is 5.02 Å². The Labute approximate surface area is 192 Å². The van der Waals surface area contributed by atoms with Crippen LogP contribution in [0.25, 0.3) is 10.2 Å². The highest BCUT2D eigenvalue weighted by molar-refractivity contribution is 7.21. The average Bonchev–Trinajstić information content (AvgIpc) is 3.08. The number of hydrogen-bond acceptors (Lipinski definition) is 5. The molecule has 3 aromatic rings. The van der Waals surface area contributed by atoms with Crippen LogP contribution in [0.3, 0.4) is 0 Å². The molecule has 1 atom stereocenters. The number of rotatable bonds is 5. The molecular weight excluding hydrogens is 430 g/mol. The molecule has 0 fully saturated rings. The number of methoxy groups -OCH3 is 1. The van der Waals surface area contributed by atoms with Crippen LogP contribution in [-0.4, -0.2) is 18.0 Å². The maximum atomic E-state index is 13.0. The van der Waals surface area contributed by atoms with Crippen molar-refractivity contribution in [3.63, 3.8) is 0 Å². The smallest absolute Gasteiger partial charge is 0.268 e. The maximum Gasteiger partial charge on any atom is 0.268 e. The quantitative estimate of drug-likeness (QED) is 0.469. The molecule has 1 aliphatic carbocycles. The molecule has 3 N–H and O–H groups in total. The van der Waals surface area contributed by atoms with E-state index < -0.39 is 0 Å². The normalized spacial score (nSPS) is 16.2. The van der Waals surface area contributed by atoms with E-state index in [0.717, 1.165) is 41.6 Å². The summed E-state index contributed by atoms with van der Waals surface area (Å²) in [6.07, 6.45) is 4.29. The number of carbonyl (C=O) groups is 1. The maximum absolute atomic E-state index is 13.0. The van der Waals surface area contributed by atoms with Crippen LogP contribution in [-0.2, 0) is 12.8 Å². The van der Waals surface area contributed by atoms with Gasteiger partial charge in [-0.05, 0) is 54.4 Å². The van der Waals surface area contributed by atoms with Gasteiger partial charge in [0.05, 0.1) is 18.5 Å². The molecule has 31 heavy (non-hydrogen) atoms. The lowest BCUT2D eigenvalue weighted by molar-refractivity contribution is 0.103. The molecule has 4 rings (SSSR count). The van der Waals surface area contributed by atoms with Gasteiger partial charge in [0.25, 0.3) is 5.91 Å². The zero-order valence-electron chi connectivity index (χ0n) is 18.3. The highest BCUT2D eigenvalue weighted by Crippen LogP contribution is 2.42. The number of thiophene rings is 1. The molecule has 1 amide bonds. The van der Waals surface area contributed by atoms with Crippen molar-refractivity contribution >= 4 is 50.4 Å². The summed E-state index contributed by atoms with van der Waals surface area (Å²) in [6, 6.07) is 7.24. The first-order valence-corrected chi connectivity index (χ1v) is 11.8. The largest absolute Gasteiger partial charge is 0.495 e. The summed E-state index contributed by atoms with van der Waals surface area (Å²) in [5.41, 5.74) is 10.2. The van der Waals surface area contributed by atoms with E-state index in [1.165, 1.54) is 24.0 Å². The number of amides is 1. The lowest BCUT2D eigenvalue weighted by atomic mass is 9.69. The predicted molar refractivity (Wildman–Crippen MR) is 130 cm³/mol. The number of aromatic nitrogens is 1. The zero-order valence-corrected chi connectivity index (χ0v) is 19.9. The van der Waals surface area contributed by atoms with Crippen LogP contribution in [0.4, 0.5) is 11.4 Å². The number of nitrogen functional groups attached to an aromatic ring is 1. The van der Waals surface area contributed by atoms with Gasteiger partial charge < -0.3 is 15.8 Å². The van der Waals surface area contributed by atoms with Gasteiger partial charge in [0.1, 0.15) is 15.5 Å². The van der Waals surface area contributed by atoms with Gasteiger partial charge in [-0.2, -0.15) is 0 Å². The Kier molecular flexibility index (Phi) is 5.88. The Hall–Kier alpha value is -2.31. The number of anilines is 2. The van der Waals surface area contributed by atoms with Crippen LogP contribution in [0.1, 0.15) is 54.5 Å².